The van der Waals surface area contributed by atoms with Crippen LogP contribution in [0, 0.1) is 11.7 Å². The Kier molecular flexibility index (Phi) is 4.90. The van der Waals surface area contributed by atoms with Gasteiger partial charge in [-0.1, -0.05) is 11.6 Å². The third kappa shape index (κ3) is 3.51. The molecule has 1 fully saturated rings. The van der Waals surface area contributed by atoms with Crippen LogP contribution in [0.25, 0.3) is 10.9 Å². The van der Waals surface area contributed by atoms with E-state index >= 15 is 4.39 Å². The molecule has 0 unspecified atom stereocenters. The fourth-order valence-electron chi connectivity index (χ4n) is 3.94. The van der Waals surface area contributed by atoms with E-state index in [-0.39, 0.29) is 50.1 Å². The molecule has 2 aliphatic rings. The van der Waals surface area contributed by atoms with Crippen LogP contribution in [0.15, 0.2) is 23.1 Å². The molecule has 2 N–H and O–H groups in total. The Morgan fingerprint density at radius 3 is 2.78 bits per heavy atom. The average molecular weight is 486 g/mol. The second kappa shape index (κ2) is 7.41. The molecule has 0 saturated heterocycles. The lowest BCUT2D eigenvalue weighted by atomic mass is 10.0. The lowest BCUT2D eigenvalue weighted by molar-refractivity contribution is -0.0579. The van der Waals surface area contributed by atoms with Crippen molar-refractivity contribution >= 4 is 51.3 Å². The number of halogens is 5. The summed E-state index contributed by atoms with van der Waals surface area (Å²) >= 11 is 11.9. The van der Waals surface area contributed by atoms with Gasteiger partial charge >= 0.3 is 5.92 Å². The molecule has 1 aliphatic heterocycles. The van der Waals surface area contributed by atoms with Gasteiger partial charge in [0.05, 0.1) is 23.4 Å². The molecule has 12 heteroatoms. The first-order valence-corrected chi connectivity index (χ1v) is 10.5. The van der Waals surface area contributed by atoms with E-state index in [4.69, 9.17) is 27.9 Å². The summed E-state index contributed by atoms with van der Waals surface area (Å²) < 4.78 is 50.9. The minimum absolute atomic E-state index is 0.0338. The van der Waals surface area contributed by atoms with Crippen molar-refractivity contribution < 1.29 is 17.9 Å². The molecule has 3 aromatic rings. The molecular formula is C20H16Cl2F3N5O2. The highest BCUT2D eigenvalue weighted by molar-refractivity contribution is 6.33. The Morgan fingerprint density at radius 2 is 2.06 bits per heavy atom. The normalized spacial score (nSPS) is 19.6. The van der Waals surface area contributed by atoms with Crippen molar-refractivity contribution in [1.82, 2.24) is 14.5 Å². The van der Waals surface area contributed by atoms with Crippen LogP contribution in [-0.4, -0.2) is 33.1 Å². The molecule has 0 bridgehead atoms. The standard InChI is InChI=1S/C20H16Cl2F3N5O2/c1-30-14-10(4-9(5-12(14)23)27-17-11(21)6-26-19(22)29-17)13-15(18(30)31)32-7-20(24,25)16(28-13)8-2-3-8/h4-6,8,16,28H,2-3,7H2,1H3,(H,26,27,29)/t16-/m0/s1. The van der Waals surface area contributed by atoms with Gasteiger partial charge in [-0.25, -0.2) is 18.2 Å². The maximum Gasteiger partial charge on any atom is 0.301 e. The van der Waals surface area contributed by atoms with Gasteiger partial charge in [-0.15, -0.1) is 0 Å². The van der Waals surface area contributed by atoms with Crippen LogP contribution in [0.1, 0.15) is 12.8 Å². The maximum absolute atomic E-state index is 15.2. The monoisotopic (exact) mass is 485 g/mol. The van der Waals surface area contributed by atoms with Crippen molar-refractivity contribution in [3.63, 3.8) is 0 Å². The predicted octanol–water partition coefficient (Wildman–Crippen LogP) is 4.74. The van der Waals surface area contributed by atoms with Crippen LogP contribution in [0.4, 0.5) is 30.4 Å². The number of aryl methyl sites for hydroxylation is 1. The van der Waals surface area contributed by atoms with E-state index in [0.717, 1.165) is 10.6 Å². The molecule has 1 aromatic carbocycles. The Balaban J connectivity index is 1.70. The van der Waals surface area contributed by atoms with Crippen LogP contribution in [0.2, 0.25) is 10.3 Å². The first kappa shape index (κ1) is 21.1. The van der Waals surface area contributed by atoms with E-state index in [0.29, 0.717) is 12.8 Å². The van der Waals surface area contributed by atoms with Crippen LogP contribution in [0.3, 0.4) is 0 Å². The third-order valence-electron chi connectivity index (χ3n) is 5.63. The van der Waals surface area contributed by atoms with E-state index in [1.165, 1.54) is 19.3 Å². The minimum Gasteiger partial charge on any atom is -0.480 e. The van der Waals surface area contributed by atoms with Crippen molar-refractivity contribution in [3.8, 4) is 5.75 Å². The second-order valence-electron chi connectivity index (χ2n) is 7.89. The molecule has 0 spiro atoms. The van der Waals surface area contributed by atoms with Crippen LogP contribution >= 0.6 is 23.2 Å². The van der Waals surface area contributed by atoms with E-state index in [2.05, 4.69) is 20.6 Å². The molecule has 1 atom stereocenters. The number of hydrogen-bond donors (Lipinski definition) is 2. The molecule has 5 rings (SSSR count). The van der Waals surface area contributed by atoms with Crippen LogP contribution in [0.5, 0.6) is 5.75 Å². The first-order valence-electron chi connectivity index (χ1n) is 9.74. The molecule has 1 saturated carbocycles. The number of ether oxygens (including phenoxy) is 1. The number of hydrogen-bond acceptors (Lipinski definition) is 6. The van der Waals surface area contributed by atoms with Crippen molar-refractivity contribution in [2.24, 2.45) is 13.0 Å². The Hall–Kier alpha value is -2.72. The topological polar surface area (TPSA) is 81.1 Å². The van der Waals surface area contributed by atoms with Gasteiger partial charge in [0.25, 0.3) is 5.56 Å². The van der Waals surface area contributed by atoms with Gasteiger partial charge in [0.15, 0.2) is 12.4 Å². The highest BCUT2D eigenvalue weighted by Crippen LogP contribution is 2.46. The molecule has 2 aromatic heterocycles. The highest BCUT2D eigenvalue weighted by atomic mass is 35.5. The fourth-order valence-corrected chi connectivity index (χ4v) is 4.22. The lowest BCUT2D eigenvalue weighted by Gasteiger charge is -2.25. The summed E-state index contributed by atoms with van der Waals surface area (Å²) in [5, 5.41) is 5.93. The van der Waals surface area contributed by atoms with E-state index < -0.39 is 29.9 Å². The number of nitrogens with one attached hydrogen (secondary N) is 2. The summed E-state index contributed by atoms with van der Waals surface area (Å²) in [6, 6.07) is 1.42. The summed E-state index contributed by atoms with van der Waals surface area (Å²) in [6.45, 7) is -0.940. The molecular weight excluding hydrogens is 470 g/mol. The minimum atomic E-state index is -3.20. The molecule has 3 heterocycles. The van der Waals surface area contributed by atoms with E-state index in [1.807, 2.05) is 0 Å². The quantitative estimate of drug-likeness (QED) is 0.521. The van der Waals surface area contributed by atoms with Gasteiger partial charge in [0.1, 0.15) is 10.8 Å². The second-order valence-corrected chi connectivity index (χ2v) is 8.64. The summed E-state index contributed by atoms with van der Waals surface area (Å²) in [5.41, 5.74) is -0.515. The summed E-state index contributed by atoms with van der Waals surface area (Å²) in [4.78, 5) is 20.5. The van der Waals surface area contributed by atoms with Crippen molar-refractivity contribution in [3.05, 3.63) is 44.8 Å². The average Bonchev–Trinajstić information content (AvgIpc) is 3.56. The number of anilines is 3. The lowest BCUT2D eigenvalue weighted by Crippen LogP contribution is -2.44. The number of alkyl halides is 2. The van der Waals surface area contributed by atoms with Gasteiger partial charge in [-0.2, -0.15) is 4.98 Å². The summed E-state index contributed by atoms with van der Waals surface area (Å²) in [7, 11) is 1.35. The maximum atomic E-state index is 15.2. The van der Waals surface area contributed by atoms with Gasteiger partial charge in [-0.05, 0) is 42.5 Å². The Bertz CT molecular complexity index is 1310. The van der Waals surface area contributed by atoms with Crippen LogP contribution < -0.4 is 20.9 Å². The Morgan fingerprint density at radius 1 is 1.31 bits per heavy atom. The zero-order valence-electron chi connectivity index (χ0n) is 16.6. The third-order valence-corrected chi connectivity index (χ3v) is 6.09. The molecule has 7 nitrogen and oxygen atoms in total. The molecule has 1 aliphatic carbocycles. The largest absolute Gasteiger partial charge is 0.480 e. The molecule has 32 heavy (non-hydrogen) atoms. The Labute approximate surface area is 189 Å². The number of benzene rings is 1. The zero-order valence-corrected chi connectivity index (χ0v) is 18.1. The van der Waals surface area contributed by atoms with E-state index in [1.54, 1.807) is 0 Å². The number of nitrogens with zero attached hydrogens (tertiary/aromatic N) is 3. The highest BCUT2D eigenvalue weighted by Gasteiger charge is 2.51. The zero-order chi connectivity index (χ0) is 22.8. The van der Waals surface area contributed by atoms with Gasteiger partial charge < -0.3 is 19.9 Å². The van der Waals surface area contributed by atoms with Crippen molar-refractivity contribution in [2.75, 3.05) is 17.2 Å². The smallest absolute Gasteiger partial charge is 0.301 e. The number of aromatic nitrogens is 3. The molecule has 0 amide bonds. The number of rotatable bonds is 3. The number of pyridine rings is 1. The van der Waals surface area contributed by atoms with Gasteiger partial charge in [0.2, 0.25) is 11.0 Å². The van der Waals surface area contributed by atoms with Gasteiger partial charge in [-0.3, -0.25) is 4.79 Å². The first-order chi connectivity index (χ1) is 15.2. The molecule has 168 valence electrons. The molecule has 0 radical (unpaired) electrons. The number of fused-ring (bicyclic) bond motifs is 3. The van der Waals surface area contributed by atoms with Crippen molar-refractivity contribution in [1.29, 1.82) is 0 Å². The summed E-state index contributed by atoms with van der Waals surface area (Å²) in [5.74, 6) is -4.34. The van der Waals surface area contributed by atoms with E-state index in [9.17, 15) is 13.6 Å². The van der Waals surface area contributed by atoms with Gasteiger partial charge in [0, 0.05) is 18.1 Å². The fraction of sp³-hybridized carbons (Fsp3) is 0.350. The van der Waals surface area contributed by atoms with Crippen LogP contribution in [-0.2, 0) is 7.05 Å². The van der Waals surface area contributed by atoms with Crippen molar-refractivity contribution in [2.45, 2.75) is 24.8 Å². The summed E-state index contributed by atoms with van der Waals surface area (Å²) in [6.07, 6.45) is 2.56. The SMILES string of the molecule is Cn1c(=O)c2c(c3cc(Nc4nc(Cl)ncc4Cl)cc(F)c31)N[C@@H](C1CC1)C(F)(F)CO2. The predicted molar refractivity (Wildman–Crippen MR) is 115 cm³/mol.